The molecule has 80 valence electrons. The molecule has 14 heavy (non-hydrogen) atoms. The van der Waals surface area contributed by atoms with Crippen molar-refractivity contribution in [2.75, 3.05) is 0 Å². The van der Waals surface area contributed by atoms with Gasteiger partial charge in [0.15, 0.2) is 5.79 Å². The van der Waals surface area contributed by atoms with Gasteiger partial charge in [0.05, 0.1) is 0 Å². The van der Waals surface area contributed by atoms with Gasteiger partial charge in [0, 0.05) is 0 Å². The number of aliphatic hydroxyl groups is 2. The lowest BCUT2D eigenvalue weighted by Crippen LogP contribution is -2.46. The first kappa shape index (κ1) is 10.1. The first-order chi connectivity index (χ1) is 6.41. The third-order valence-electron chi connectivity index (χ3n) is 2.70. The lowest BCUT2D eigenvalue weighted by Gasteiger charge is -2.30. The van der Waals surface area contributed by atoms with Crippen LogP contribution in [0.2, 0.25) is 0 Å². The van der Waals surface area contributed by atoms with Crippen molar-refractivity contribution in [1.82, 2.24) is 0 Å². The van der Waals surface area contributed by atoms with Crippen molar-refractivity contribution >= 4 is 0 Å². The van der Waals surface area contributed by atoms with Gasteiger partial charge >= 0.3 is 0 Å². The van der Waals surface area contributed by atoms with Crippen LogP contribution in [0.15, 0.2) is 11.6 Å². The summed E-state index contributed by atoms with van der Waals surface area (Å²) in [5.74, 6) is -0.685. The summed E-state index contributed by atoms with van der Waals surface area (Å²) in [5.41, 5.74) is 0.915. The highest BCUT2D eigenvalue weighted by Gasteiger charge is 2.49. The molecule has 0 saturated carbocycles. The number of hydrogen-bond donors (Lipinski definition) is 2. The molecule has 0 radical (unpaired) electrons. The van der Waals surface area contributed by atoms with Crippen molar-refractivity contribution in [3.63, 3.8) is 0 Å². The summed E-state index contributed by atoms with van der Waals surface area (Å²) in [7, 11) is 0. The average Bonchev–Trinajstić information content (AvgIpc) is 2.38. The maximum Gasteiger partial charge on any atom is 0.164 e. The largest absolute Gasteiger partial charge is 0.387 e. The van der Waals surface area contributed by atoms with Crippen LogP contribution in [0, 0.1) is 0 Å². The highest BCUT2D eigenvalue weighted by atomic mass is 16.8. The molecule has 0 aromatic carbocycles. The summed E-state index contributed by atoms with van der Waals surface area (Å²) < 4.78 is 11.2. The topological polar surface area (TPSA) is 58.9 Å². The molecule has 1 fully saturated rings. The zero-order chi connectivity index (χ0) is 10.5. The summed E-state index contributed by atoms with van der Waals surface area (Å²) >= 11 is 0. The smallest absolute Gasteiger partial charge is 0.164 e. The van der Waals surface area contributed by atoms with Crippen molar-refractivity contribution in [3.8, 4) is 0 Å². The van der Waals surface area contributed by atoms with Crippen molar-refractivity contribution in [2.24, 2.45) is 0 Å². The van der Waals surface area contributed by atoms with Crippen LogP contribution < -0.4 is 0 Å². The maximum atomic E-state index is 9.70. The number of rotatable bonds is 0. The van der Waals surface area contributed by atoms with E-state index in [4.69, 9.17) is 9.47 Å². The average molecular weight is 200 g/mol. The highest BCUT2D eigenvalue weighted by molar-refractivity contribution is 5.20. The summed E-state index contributed by atoms with van der Waals surface area (Å²) in [6.07, 6.45) is -0.816. The molecule has 2 rings (SSSR count). The molecule has 4 atom stereocenters. The Labute approximate surface area is 83.1 Å². The van der Waals surface area contributed by atoms with Crippen LogP contribution in [0.5, 0.6) is 0 Å². The van der Waals surface area contributed by atoms with Gasteiger partial charge in [-0.15, -0.1) is 0 Å². The fourth-order valence-corrected chi connectivity index (χ4v) is 2.05. The van der Waals surface area contributed by atoms with Crippen molar-refractivity contribution in [3.05, 3.63) is 11.6 Å². The molecular weight excluding hydrogens is 184 g/mol. The van der Waals surface area contributed by atoms with Gasteiger partial charge < -0.3 is 19.7 Å². The van der Waals surface area contributed by atoms with Crippen molar-refractivity contribution in [2.45, 2.75) is 51.0 Å². The van der Waals surface area contributed by atoms with Crippen LogP contribution in [-0.4, -0.2) is 40.4 Å². The second kappa shape index (κ2) is 3.03. The van der Waals surface area contributed by atoms with E-state index < -0.39 is 24.1 Å². The van der Waals surface area contributed by atoms with Gasteiger partial charge in [-0.05, 0) is 26.3 Å². The van der Waals surface area contributed by atoms with Gasteiger partial charge in [0.1, 0.15) is 24.4 Å². The predicted molar refractivity (Wildman–Crippen MR) is 49.6 cm³/mol. The van der Waals surface area contributed by atoms with E-state index in [0.29, 0.717) is 0 Å². The molecule has 2 N–H and O–H groups in total. The third kappa shape index (κ3) is 1.48. The lowest BCUT2D eigenvalue weighted by atomic mass is 9.91. The van der Waals surface area contributed by atoms with E-state index in [-0.39, 0.29) is 6.10 Å². The number of aliphatic hydroxyl groups excluding tert-OH is 2. The van der Waals surface area contributed by atoms with Crippen LogP contribution in [-0.2, 0) is 9.47 Å². The van der Waals surface area contributed by atoms with Gasteiger partial charge in [-0.3, -0.25) is 0 Å². The Hall–Kier alpha value is -0.420. The molecule has 1 aliphatic carbocycles. The first-order valence-corrected chi connectivity index (χ1v) is 4.81. The van der Waals surface area contributed by atoms with Gasteiger partial charge in [-0.25, -0.2) is 0 Å². The molecule has 0 aromatic heterocycles. The molecule has 2 aliphatic rings. The van der Waals surface area contributed by atoms with Crippen LogP contribution in [0.25, 0.3) is 0 Å². The molecule has 1 aliphatic heterocycles. The van der Waals surface area contributed by atoms with Gasteiger partial charge in [-0.2, -0.15) is 0 Å². The molecule has 4 heteroatoms. The molecular formula is C10H16O4. The number of hydrogen-bond acceptors (Lipinski definition) is 4. The Morgan fingerprint density at radius 2 is 1.93 bits per heavy atom. The quantitative estimate of drug-likeness (QED) is 0.548. The van der Waals surface area contributed by atoms with Crippen LogP contribution in [0.3, 0.4) is 0 Å². The van der Waals surface area contributed by atoms with E-state index in [1.165, 1.54) is 0 Å². The molecule has 0 unspecified atom stereocenters. The summed E-state index contributed by atoms with van der Waals surface area (Å²) in [4.78, 5) is 0. The monoisotopic (exact) mass is 200 g/mol. The van der Waals surface area contributed by atoms with E-state index in [2.05, 4.69) is 0 Å². The second-order valence-corrected chi connectivity index (χ2v) is 4.41. The summed E-state index contributed by atoms with van der Waals surface area (Å²) in [6.45, 7) is 5.48. The Kier molecular flexibility index (Phi) is 2.19. The number of fused-ring (bicyclic) bond motifs is 1. The molecule has 0 bridgehead atoms. The molecule has 1 heterocycles. The fraction of sp³-hybridized carbons (Fsp3) is 0.800. The van der Waals surface area contributed by atoms with E-state index in [9.17, 15) is 10.2 Å². The van der Waals surface area contributed by atoms with Gasteiger partial charge in [0.2, 0.25) is 0 Å². The molecule has 1 saturated heterocycles. The SMILES string of the molecule is CC1=C[C@@H](O)[C@H](O)[C@@H]2OC(C)(C)O[C@H]12. The summed E-state index contributed by atoms with van der Waals surface area (Å²) in [6, 6.07) is 0. The number of ether oxygens (including phenoxy) is 2. The highest BCUT2D eigenvalue weighted by Crippen LogP contribution is 2.37. The fourth-order valence-electron chi connectivity index (χ4n) is 2.05. The van der Waals surface area contributed by atoms with E-state index in [0.717, 1.165) is 5.57 Å². The second-order valence-electron chi connectivity index (χ2n) is 4.41. The maximum absolute atomic E-state index is 9.70. The van der Waals surface area contributed by atoms with Crippen molar-refractivity contribution < 1.29 is 19.7 Å². The molecule has 4 nitrogen and oxygen atoms in total. The van der Waals surface area contributed by atoms with Crippen LogP contribution in [0.1, 0.15) is 20.8 Å². The van der Waals surface area contributed by atoms with Gasteiger partial charge in [-0.1, -0.05) is 6.08 Å². The predicted octanol–water partition coefficient (Wildman–Crippen LogP) is 0.188. The lowest BCUT2D eigenvalue weighted by molar-refractivity contribution is -0.158. The van der Waals surface area contributed by atoms with E-state index >= 15 is 0 Å². The normalized spacial score (nSPS) is 45.9. The van der Waals surface area contributed by atoms with Crippen LogP contribution in [0.4, 0.5) is 0 Å². The zero-order valence-corrected chi connectivity index (χ0v) is 8.60. The Morgan fingerprint density at radius 3 is 2.57 bits per heavy atom. The third-order valence-corrected chi connectivity index (χ3v) is 2.70. The Balaban J connectivity index is 2.27. The first-order valence-electron chi connectivity index (χ1n) is 4.81. The van der Waals surface area contributed by atoms with Gasteiger partial charge in [0.25, 0.3) is 0 Å². The minimum atomic E-state index is -0.898. The Bertz CT molecular complexity index is 271. The summed E-state index contributed by atoms with van der Waals surface area (Å²) in [5, 5.41) is 19.2. The van der Waals surface area contributed by atoms with E-state index in [1.54, 1.807) is 19.9 Å². The molecule has 0 amide bonds. The molecule has 0 aromatic rings. The Morgan fingerprint density at radius 1 is 1.29 bits per heavy atom. The minimum absolute atomic E-state index is 0.233. The minimum Gasteiger partial charge on any atom is -0.387 e. The van der Waals surface area contributed by atoms with E-state index in [1.807, 2.05) is 6.92 Å². The van der Waals surface area contributed by atoms with Crippen molar-refractivity contribution in [1.29, 1.82) is 0 Å². The van der Waals surface area contributed by atoms with Crippen LogP contribution >= 0.6 is 0 Å². The molecule has 0 spiro atoms. The zero-order valence-electron chi connectivity index (χ0n) is 8.60. The standard InChI is InChI=1S/C10H16O4/c1-5-4-6(11)7(12)9-8(5)13-10(2,3)14-9/h4,6-9,11-12H,1-3H3/t6-,7+,8-,9+/m1/s1.